The van der Waals surface area contributed by atoms with Crippen molar-refractivity contribution >= 4 is 15.9 Å². The maximum Gasteiger partial charge on any atom is 0.106 e. The van der Waals surface area contributed by atoms with Crippen LogP contribution in [0.1, 0.15) is 11.3 Å². The first-order valence-electron chi connectivity index (χ1n) is 6.72. The molecule has 2 N–H and O–H groups in total. The topological polar surface area (TPSA) is 53.6 Å². The number of nitrogens with one attached hydrogen (secondary N) is 2. The van der Waals surface area contributed by atoms with Gasteiger partial charge in [-0.15, -0.1) is 0 Å². The number of aromatic nitrogens is 3. The van der Waals surface area contributed by atoms with Gasteiger partial charge in [-0.3, -0.25) is 5.10 Å². The standard InChI is InChI=1S/C16H15BrN4/c17-16-3-1-2-14(20-16)11-18-10-12-4-6-13(7-5-12)15-8-9-19-21-15/h1-9,18H,10-11H2,(H,19,21). The Morgan fingerprint density at radius 2 is 1.86 bits per heavy atom. The van der Waals surface area contributed by atoms with Crippen LogP contribution in [0.2, 0.25) is 0 Å². The van der Waals surface area contributed by atoms with Crippen LogP contribution < -0.4 is 5.32 Å². The smallest absolute Gasteiger partial charge is 0.106 e. The highest BCUT2D eigenvalue weighted by atomic mass is 79.9. The lowest BCUT2D eigenvalue weighted by molar-refractivity contribution is 0.678. The second-order valence-electron chi connectivity index (χ2n) is 4.72. The normalized spacial score (nSPS) is 10.7. The molecule has 0 fully saturated rings. The summed E-state index contributed by atoms with van der Waals surface area (Å²) in [6, 6.07) is 16.3. The molecular formula is C16H15BrN4. The Labute approximate surface area is 131 Å². The number of halogens is 1. The zero-order chi connectivity index (χ0) is 14.5. The Kier molecular flexibility index (Phi) is 4.43. The third-order valence-corrected chi connectivity index (χ3v) is 3.62. The van der Waals surface area contributed by atoms with Crippen molar-refractivity contribution < 1.29 is 0 Å². The van der Waals surface area contributed by atoms with Crippen molar-refractivity contribution in [1.82, 2.24) is 20.5 Å². The Morgan fingerprint density at radius 1 is 1.00 bits per heavy atom. The third-order valence-electron chi connectivity index (χ3n) is 3.17. The van der Waals surface area contributed by atoms with Gasteiger partial charge in [0.15, 0.2) is 0 Å². The van der Waals surface area contributed by atoms with E-state index in [2.05, 4.69) is 60.7 Å². The van der Waals surface area contributed by atoms with E-state index < -0.39 is 0 Å². The second-order valence-corrected chi connectivity index (χ2v) is 5.53. The first kappa shape index (κ1) is 14.0. The molecule has 2 aromatic heterocycles. The number of aromatic amines is 1. The van der Waals surface area contributed by atoms with Gasteiger partial charge in [-0.25, -0.2) is 4.98 Å². The fraction of sp³-hybridized carbons (Fsp3) is 0.125. The average molecular weight is 343 g/mol. The highest BCUT2D eigenvalue weighted by Gasteiger charge is 2.00. The Hall–Kier alpha value is -1.98. The molecule has 4 nitrogen and oxygen atoms in total. The highest BCUT2D eigenvalue weighted by molar-refractivity contribution is 9.10. The van der Waals surface area contributed by atoms with Crippen molar-refractivity contribution in [1.29, 1.82) is 0 Å². The van der Waals surface area contributed by atoms with Crippen LogP contribution in [0.5, 0.6) is 0 Å². The Balaban J connectivity index is 1.56. The molecule has 1 aromatic carbocycles. The van der Waals surface area contributed by atoms with E-state index >= 15 is 0 Å². The minimum absolute atomic E-state index is 0.752. The van der Waals surface area contributed by atoms with Crippen LogP contribution in [0.25, 0.3) is 11.3 Å². The molecule has 0 atom stereocenters. The maximum atomic E-state index is 4.40. The number of H-pyrrole nitrogens is 1. The molecule has 0 amide bonds. The molecule has 0 radical (unpaired) electrons. The second kappa shape index (κ2) is 6.65. The van der Waals surface area contributed by atoms with E-state index in [4.69, 9.17) is 0 Å². The fourth-order valence-corrected chi connectivity index (χ4v) is 2.48. The van der Waals surface area contributed by atoms with Gasteiger partial charge in [0.1, 0.15) is 4.60 Å². The van der Waals surface area contributed by atoms with Gasteiger partial charge in [-0.2, -0.15) is 5.10 Å². The fourth-order valence-electron chi connectivity index (χ4n) is 2.10. The number of hydrogen-bond acceptors (Lipinski definition) is 3. The summed E-state index contributed by atoms with van der Waals surface area (Å²) < 4.78 is 0.866. The lowest BCUT2D eigenvalue weighted by Gasteiger charge is -2.06. The molecule has 106 valence electrons. The molecule has 0 aliphatic heterocycles. The van der Waals surface area contributed by atoms with Gasteiger partial charge >= 0.3 is 0 Å². The molecule has 2 heterocycles. The summed E-state index contributed by atoms with van der Waals surface area (Å²) >= 11 is 3.38. The van der Waals surface area contributed by atoms with Crippen LogP contribution in [-0.4, -0.2) is 15.2 Å². The van der Waals surface area contributed by atoms with Crippen LogP contribution in [-0.2, 0) is 13.1 Å². The molecule has 3 rings (SSSR count). The number of pyridine rings is 1. The third kappa shape index (κ3) is 3.77. The molecule has 0 saturated heterocycles. The molecule has 0 aliphatic rings. The van der Waals surface area contributed by atoms with Crippen LogP contribution in [0, 0.1) is 0 Å². The van der Waals surface area contributed by atoms with Crippen molar-refractivity contribution in [3.63, 3.8) is 0 Å². The number of rotatable bonds is 5. The predicted molar refractivity (Wildman–Crippen MR) is 86.5 cm³/mol. The minimum atomic E-state index is 0.752. The average Bonchev–Trinajstić information content (AvgIpc) is 3.02. The van der Waals surface area contributed by atoms with E-state index in [1.807, 2.05) is 24.3 Å². The number of nitrogens with zero attached hydrogens (tertiary/aromatic N) is 2. The number of benzene rings is 1. The van der Waals surface area contributed by atoms with Gasteiger partial charge in [0, 0.05) is 19.3 Å². The largest absolute Gasteiger partial charge is 0.307 e. The van der Waals surface area contributed by atoms with Gasteiger partial charge in [0.2, 0.25) is 0 Å². The highest BCUT2D eigenvalue weighted by Crippen LogP contribution is 2.16. The van der Waals surface area contributed by atoms with Gasteiger partial charge < -0.3 is 5.32 Å². The number of hydrogen-bond donors (Lipinski definition) is 2. The van der Waals surface area contributed by atoms with E-state index in [0.29, 0.717) is 0 Å². The maximum absolute atomic E-state index is 4.40. The van der Waals surface area contributed by atoms with Crippen LogP contribution in [0.3, 0.4) is 0 Å². The summed E-state index contributed by atoms with van der Waals surface area (Å²) in [6.45, 7) is 1.57. The minimum Gasteiger partial charge on any atom is -0.307 e. The summed E-state index contributed by atoms with van der Waals surface area (Å²) in [5, 5.41) is 10.3. The van der Waals surface area contributed by atoms with Crippen molar-refractivity contribution in [2.75, 3.05) is 0 Å². The van der Waals surface area contributed by atoms with E-state index in [9.17, 15) is 0 Å². The monoisotopic (exact) mass is 342 g/mol. The van der Waals surface area contributed by atoms with Crippen molar-refractivity contribution in [3.8, 4) is 11.3 Å². The van der Waals surface area contributed by atoms with E-state index in [-0.39, 0.29) is 0 Å². The molecule has 0 spiro atoms. The summed E-state index contributed by atoms with van der Waals surface area (Å²) in [5.74, 6) is 0. The van der Waals surface area contributed by atoms with Crippen molar-refractivity contribution in [2.45, 2.75) is 13.1 Å². The lowest BCUT2D eigenvalue weighted by Crippen LogP contribution is -2.13. The molecule has 0 unspecified atom stereocenters. The summed E-state index contributed by atoms with van der Waals surface area (Å²) in [4.78, 5) is 4.40. The van der Waals surface area contributed by atoms with Gasteiger partial charge in [0.25, 0.3) is 0 Å². The Bertz CT molecular complexity index is 693. The molecule has 0 aliphatic carbocycles. The SMILES string of the molecule is Brc1cccc(CNCc2ccc(-c3ccn[nH]3)cc2)n1. The quantitative estimate of drug-likeness (QED) is 0.697. The predicted octanol–water partition coefficient (Wildman–Crippen LogP) is 3.52. The zero-order valence-corrected chi connectivity index (χ0v) is 13.0. The van der Waals surface area contributed by atoms with Crippen molar-refractivity contribution in [2.24, 2.45) is 0 Å². The molecule has 0 saturated carbocycles. The van der Waals surface area contributed by atoms with Crippen molar-refractivity contribution in [3.05, 3.63) is 70.6 Å². The van der Waals surface area contributed by atoms with Gasteiger partial charge in [-0.05, 0) is 45.3 Å². The molecule has 21 heavy (non-hydrogen) atoms. The lowest BCUT2D eigenvalue weighted by atomic mass is 10.1. The van der Waals surface area contributed by atoms with Gasteiger partial charge in [0.05, 0.1) is 11.4 Å². The summed E-state index contributed by atoms with van der Waals surface area (Å²) in [5.41, 5.74) is 4.45. The van der Waals surface area contributed by atoms with Crippen LogP contribution in [0.15, 0.2) is 59.3 Å². The first-order valence-corrected chi connectivity index (χ1v) is 7.51. The molecule has 3 aromatic rings. The molecule has 0 bridgehead atoms. The molecule has 5 heteroatoms. The van der Waals surface area contributed by atoms with Crippen LogP contribution >= 0.6 is 15.9 Å². The zero-order valence-electron chi connectivity index (χ0n) is 11.4. The Morgan fingerprint density at radius 3 is 2.57 bits per heavy atom. The van der Waals surface area contributed by atoms with E-state index in [1.54, 1.807) is 6.20 Å². The van der Waals surface area contributed by atoms with Gasteiger partial charge in [-0.1, -0.05) is 30.3 Å². The molecular weight excluding hydrogens is 328 g/mol. The summed E-state index contributed by atoms with van der Waals surface area (Å²) in [6.07, 6.45) is 1.76. The van der Waals surface area contributed by atoms with E-state index in [1.165, 1.54) is 5.56 Å². The first-order chi connectivity index (χ1) is 10.3. The van der Waals surface area contributed by atoms with Crippen LogP contribution in [0.4, 0.5) is 0 Å². The summed E-state index contributed by atoms with van der Waals surface area (Å²) in [7, 11) is 0. The van der Waals surface area contributed by atoms with E-state index in [0.717, 1.165) is 34.6 Å².